The molecule has 0 aliphatic heterocycles. The van der Waals surface area contributed by atoms with Crippen molar-refractivity contribution in [3.05, 3.63) is 34.9 Å². The number of fused-ring (bicyclic) bond motifs is 1. The largest absolute Gasteiger partial charge is 0.302 e. The minimum absolute atomic E-state index is 0.788. The van der Waals surface area contributed by atoms with Crippen molar-refractivity contribution in [3.8, 4) is 0 Å². The van der Waals surface area contributed by atoms with Crippen molar-refractivity contribution in [2.75, 3.05) is 13.6 Å². The molecule has 2 heteroatoms. The summed E-state index contributed by atoms with van der Waals surface area (Å²) in [6.07, 6.45) is 6.65. The van der Waals surface area contributed by atoms with Crippen LogP contribution in [0.1, 0.15) is 36.0 Å². The molecule has 18 heavy (non-hydrogen) atoms. The molecule has 1 saturated carbocycles. The third-order valence-electron chi connectivity index (χ3n) is 4.36. The molecule has 0 aromatic heterocycles. The van der Waals surface area contributed by atoms with Crippen molar-refractivity contribution in [2.24, 2.45) is 5.92 Å². The highest BCUT2D eigenvalue weighted by Gasteiger charge is 2.27. The van der Waals surface area contributed by atoms with Crippen LogP contribution in [-0.2, 0) is 19.4 Å². The van der Waals surface area contributed by atoms with Gasteiger partial charge in [-0.25, -0.2) is 0 Å². The number of aryl methyl sites for hydroxylation is 2. The number of rotatable bonds is 4. The molecular weight excluding hydrogens is 286 g/mol. The first kappa shape index (κ1) is 12.7. The molecule has 1 fully saturated rings. The lowest BCUT2D eigenvalue weighted by molar-refractivity contribution is 0.208. The predicted octanol–water partition coefficient (Wildman–Crippen LogP) is 3.78. The first-order chi connectivity index (χ1) is 8.70. The summed E-state index contributed by atoms with van der Waals surface area (Å²) in [7, 11) is 2.26. The minimum atomic E-state index is 0.788. The second-order valence-electron chi connectivity index (χ2n) is 6.09. The molecule has 0 saturated heterocycles. The van der Waals surface area contributed by atoms with Crippen molar-refractivity contribution in [3.63, 3.8) is 0 Å². The average Bonchev–Trinajstić information content (AvgIpc) is 2.74. The van der Waals surface area contributed by atoms with Crippen LogP contribution in [0.2, 0.25) is 0 Å². The maximum atomic E-state index is 3.67. The summed E-state index contributed by atoms with van der Waals surface area (Å²) in [4.78, 5) is 3.27. The summed E-state index contributed by atoms with van der Waals surface area (Å²) in [6.45, 7) is 2.36. The highest BCUT2D eigenvalue weighted by Crippen LogP contribution is 2.33. The zero-order valence-corrected chi connectivity index (χ0v) is 12.7. The van der Waals surface area contributed by atoms with E-state index in [1.54, 1.807) is 11.1 Å². The third-order valence-corrected chi connectivity index (χ3v) is 5.11. The standard InChI is InChI=1S/C16H22BrN/c1-18(11-13-8-16(17)9-13)10-12-5-6-14-3-2-4-15(14)7-12/h5-7,13,16H,2-4,8-11H2,1H3. The first-order valence-corrected chi connectivity index (χ1v) is 8.05. The summed E-state index contributed by atoms with van der Waals surface area (Å²) < 4.78 is 0. The van der Waals surface area contributed by atoms with Crippen molar-refractivity contribution >= 4 is 15.9 Å². The van der Waals surface area contributed by atoms with Gasteiger partial charge in [-0.05, 0) is 61.8 Å². The Morgan fingerprint density at radius 3 is 2.78 bits per heavy atom. The lowest BCUT2D eigenvalue weighted by atomic mass is 9.85. The molecule has 0 bridgehead atoms. The second-order valence-corrected chi connectivity index (χ2v) is 7.38. The van der Waals surface area contributed by atoms with Gasteiger partial charge in [0, 0.05) is 17.9 Å². The molecule has 1 aromatic carbocycles. The van der Waals surface area contributed by atoms with Gasteiger partial charge in [-0.3, -0.25) is 0 Å². The summed E-state index contributed by atoms with van der Waals surface area (Å²) in [5.74, 6) is 0.911. The van der Waals surface area contributed by atoms with Gasteiger partial charge in [0.05, 0.1) is 0 Å². The molecule has 0 amide bonds. The van der Waals surface area contributed by atoms with Gasteiger partial charge in [0.15, 0.2) is 0 Å². The fraction of sp³-hybridized carbons (Fsp3) is 0.625. The topological polar surface area (TPSA) is 3.24 Å². The number of hydrogen-bond donors (Lipinski definition) is 0. The number of benzene rings is 1. The van der Waals surface area contributed by atoms with Crippen LogP contribution in [0.5, 0.6) is 0 Å². The first-order valence-electron chi connectivity index (χ1n) is 7.14. The van der Waals surface area contributed by atoms with Crippen molar-refractivity contribution < 1.29 is 0 Å². The monoisotopic (exact) mass is 307 g/mol. The predicted molar refractivity (Wildman–Crippen MR) is 80.2 cm³/mol. The van der Waals surface area contributed by atoms with Crippen LogP contribution in [0.15, 0.2) is 18.2 Å². The fourth-order valence-electron chi connectivity index (χ4n) is 3.34. The zero-order valence-electron chi connectivity index (χ0n) is 11.2. The molecule has 2 aliphatic rings. The van der Waals surface area contributed by atoms with E-state index in [0.29, 0.717) is 0 Å². The van der Waals surface area contributed by atoms with Gasteiger partial charge < -0.3 is 4.90 Å². The smallest absolute Gasteiger partial charge is 0.0230 e. The normalized spacial score (nSPS) is 26.2. The van der Waals surface area contributed by atoms with Crippen LogP contribution >= 0.6 is 15.9 Å². The van der Waals surface area contributed by atoms with Crippen molar-refractivity contribution in [2.45, 2.75) is 43.5 Å². The average molecular weight is 308 g/mol. The van der Waals surface area contributed by atoms with Crippen LogP contribution in [0.4, 0.5) is 0 Å². The molecule has 0 heterocycles. The number of halogens is 1. The van der Waals surface area contributed by atoms with E-state index in [9.17, 15) is 0 Å². The second kappa shape index (κ2) is 5.34. The van der Waals surface area contributed by atoms with Crippen molar-refractivity contribution in [1.29, 1.82) is 0 Å². The molecule has 0 atom stereocenters. The van der Waals surface area contributed by atoms with E-state index in [4.69, 9.17) is 0 Å². The highest BCUT2D eigenvalue weighted by atomic mass is 79.9. The Bertz CT molecular complexity index is 423. The van der Waals surface area contributed by atoms with Crippen LogP contribution < -0.4 is 0 Å². The van der Waals surface area contributed by atoms with Gasteiger partial charge >= 0.3 is 0 Å². The van der Waals surface area contributed by atoms with E-state index >= 15 is 0 Å². The Morgan fingerprint density at radius 1 is 1.22 bits per heavy atom. The Balaban J connectivity index is 1.55. The number of hydrogen-bond acceptors (Lipinski definition) is 1. The van der Waals surface area contributed by atoms with Crippen LogP contribution in [0.3, 0.4) is 0 Å². The molecule has 1 aromatic rings. The summed E-state index contributed by atoms with van der Waals surface area (Å²) in [5.41, 5.74) is 4.68. The van der Waals surface area contributed by atoms with Crippen LogP contribution in [0.25, 0.3) is 0 Å². The zero-order chi connectivity index (χ0) is 12.5. The van der Waals surface area contributed by atoms with E-state index < -0.39 is 0 Å². The van der Waals surface area contributed by atoms with E-state index in [1.165, 1.54) is 44.2 Å². The van der Waals surface area contributed by atoms with Gasteiger partial charge in [-0.15, -0.1) is 0 Å². The summed E-state index contributed by atoms with van der Waals surface area (Å²) in [5, 5.41) is 0. The molecule has 98 valence electrons. The summed E-state index contributed by atoms with van der Waals surface area (Å²) >= 11 is 3.67. The van der Waals surface area contributed by atoms with Gasteiger partial charge in [-0.2, -0.15) is 0 Å². The Kier molecular flexibility index (Phi) is 3.76. The Morgan fingerprint density at radius 2 is 2.00 bits per heavy atom. The SMILES string of the molecule is CN(Cc1ccc2c(c1)CCC2)CC1CC(Br)C1. The van der Waals surface area contributed by atoms with Crippen LogP contribution in [0, 0.1) is 5.92 Å². The third kappa shape index (κ3) is 2.80. The Hall–Kier alpha value is -0.340. The maximum Gasteiger partial charge on any atom is 0.0230 e. The molecule has 1 nitrogen and oxygen atoms in total. The van der Waals surface area contributed by atoms with E-state index in [1.807, 2.05) is 0 Å². The number of nitrogens with zero attached hydrogens (tertiary/aromatic N) is 1. The number of alkyl halides is 1. The van der Waals surface area contributed by atoms with E-state index in [2.05, 4.69) is 46.1 Å². The quantitative estimate of drug-likeness (QED) is 0.765. The maximum absolute atomic E-state index is 3.67. The minimum Gasteiger partial charge on any atom is -0.302 e. The Labute approximate surface area is 119 Å². The molecule has 2 aliphatic carbocycles. The molecule has 3 rings (SSSR count). The van der Waals surface area contributed by atoms with Gasteiger partial charge in [-0.1, -0.05) is 34.1 Å². The molecule has 0 unspecified atom stereocenters. The van der Waals surface area contributed by atoms with Gasteiger partial charge in [0.1, 0.15) is 0 Å². The highest BCUT2D eigenvalue weighted by molar-refractivity contribution is 9.09. The lowest BCUT2D eigenvalue weighted by Gasteiger charge is -2.34. The van der Waals surface area contributed by atoms with E-state index in [-0.39, 0.29) is 0 Å². The van der Waals surface area contributed by atoms with Gasteiger partial charge in [0.25, 0.3) is 0 Å². The van der Waals surface area contributed by atoms with E-state index in [0.717, 1.165) is 17.3 Å². The van der Waals surface area contributed by atoms with Crippen molar-refractivity contribution in [1.82, 2.24) is 4.90 Å². The molecule has 0 radical (unpaired) electrons. The molecule has 0 spiro atoms. The molecule has 0 N–H and O–H groups in total. The van der Waals surface area contributed by atoms with Gasteiger partial charge in [0.2, 0.25) is 0 Å². The lowest BCUT2D eigenvalue weighted by Crippen LogP contribution is -2.34. The summed E-state index contributed by atoms with van der Waals surface area (Å²) in [6, 6.07) is 7.12. The fourth-order valence-corrected chi connectivity index (χ4v) is 4.40. The van der Waals surface area contributed by atoms with Crippen LogP contribution in [-0.4, -0.2) is 23.3 Å². The molecular formula is C16H22BrN.